The van der Waals surface area contributed by atoms with Crippen molar-refractivity contribution in [2.24, 2.45) is 10.4 Å². The van der Waals surface area contributed by atoms with Crippen molar-refractivity contribution in [2.45, 2.75) is 38.5 Å². The lowest BCUT2D eigenvalue weighted by atomic mass is 9.73. The van der Waals surface area contributed by atoms with Gasteiger partial charge in [0.05, 0.1) is 11.1 Å². The summed E-state index contributed by atoms with van der Waals surface area (Å²) in [6.07, 6.45) is 7.96. The topological polar surface area (TPSA) is 65.0 Å². The highest BCUT2D eigenvalue weighted by Crippen LogP contribution is 2.43. The maximum atomic E-state index is 12.4. The molecule has 2 heterocycles. The number of fused-ring (bicyclic) bond motifs is 1. The first-order valence-corrected chi connectivity index (χ1v) is 10.0. The Balaban J connectivity index is 0.00000225. The van der Waals surface area contributed by atoms with Gasteiger partial charge in [0, 0.05) is 33.2 Å². The van der Waals surface area contributed by atoms with Gasteiger partial charge in [-0.05, 0) is 36.8 Å². The molecule has 1 aromatic rings. The van der Waals surface area contributed by atoms with Gasteiger partial charge in [0.15, 0.2) is 5.96 Å². The molecule has 1 aromatic carbocycles. The quantitative estimate of drug-likeness (QED) is 0.302. The Morgan fingerprint density at radius 1 is 1.07 bits per heavy atom. The van der Waals surface area contributed by atoms with E-state index >= 15 is 0 Å². The van der Waals surface area contributed by atoms with Gasteiger partial charge in [0.1, 0.15) is 0 Å². The van der Waals surface area contributed by atoms with E-state index in [9.17, 15) is 9.59 Å². The summed E-state index contributed by atoms with van der Waals surface area (Å²) in [5, 5.41) is 3.36. The molecule has 0 unspecified atom stereocenters. The lowest BCUT2D eigenvalue weighted by Gasteiger charge is -2.33. The Labute approximate surface area is 183 Å². The minimum Gasteiger partial charge on any atom is -0.354 e. The van der Waals surface area contributed by atoms with Crippen molar-refractivity contribution < 1.29 is 9.59 Å². The molecule has 1 saturated heterocycles. The molecule has 0 atom stereocenters. The molecule has 152 valence electrons. The normalized spacial score (nSPS) is 21.1. The van der Waals surface area contributed by atoms with Crippen LogP contribution in [0.5, 0.6) is 0 Å². The lowest BCUT2D eigenvalue weighted by molar-refractivity contribution is 0.0657. The molecule has 7 heteroatoms. The molecule has 6 nitrogen and oxygen atoms in total. The summed E-state index contributed by atoms with van der Waals surface area (Å²) in [5.41, 5.74) is 1.48. The molecule has 0 aromatic heterocycles. The van der Waals surface area contributed by atoms with Crippen LogP contribution in [0.3, 0.4) is 0 Å². The van der Waals surface area contributed by atoms with Crippen molar-refractivity contribution in [1.82, 2.24) is 15.1 Å². The maximum Gasteiger partial charge on any atom is 0.261 e. The van der Waals surface area contributed by atoms with Crippen LogP contribution in [-0.2, 0) is 0 Å². The zero-order chi connectivity index (χ0) is 18.9. The molecule has 0 radical (unpaired) electrons. The highest BCUT2D eigenvalue weighted by Gasteiger charge is 2.40. The molecule has 2 fully saturated rings. The summed E-state index contributed by atoms with van der Waals surface area (Å²) in [4.78, 5) is 33.0. The third-order valence-electron chi connectivity index (χ3n) is 6.36. The van der Waals surface area contributed by atoms with Crippen LogP contribution in [0, 0.1) is 5.41 Å². The molecule has 0 bridgehead atoms. The number of hydrogen-bond donors (Lipinski definition) is 1. The fourth-order valence-electron chi connectivity index (χ4n) is 4.88. The van der Waals surface area contributed by atoms with E-state index in [2.05, 4.69) is 15.2 Å². The number of nitrogens with zero attached hydrogens (tertiary/aromatic N) is 3. The molecule has 1 saturated carbocycles. The first kappa shape index (κ1) is 21.1. The van der Waals surface area contributed by atoms with Crippen LogP contribution >= 0.6 is 24.0 Å². The van der Waals surface area contributed by atoms with Crippen molar-refractivity contribution in [2.75, 3.05) is 33.2 Å². The highest BCUT2D eigenvalue weighted by atomic mass is 127. The molecular weight excluding hydrogens is 467 g/mol. The van der Waals surface area contributed by atoms with Crippen LogP contribution in [-0.4, -0.2) is 60.8 Å². The molecule has 2 aliphatic heterocycles. The number of carbonyl (C=O) groups is 2. The lowest BCUT2D eigenvalue weighted by Crippen LogP contribution is -2.45. The Morgan fingerprint density at radius 2 is 1.71 bits per heavy atom. The zero-order valence-corrected chi connectivity index (χ0v) is 18.8. The van der Waals surface area contributed by atoms with E-state index in [1.54, 1.807) is 31.3 Å². The number of halogens is 1. The summed E-state index contributed by atoms with van der Waals surface area (Å²) >= 11 is 0. The average Bonchev–Trinajstić information content (AvgIpc) is 3.20. The van der Waals surface area contributed by atoms with Crippen molar-refractivity contribution in [3.63, 3.8) is 0 Å². The largest absolute Gasteiger partial charge is 0.354 e. The van der Waals surface area contributed by atoms with Crippen LogP contribution in [0.15, 0.2) is 29.3 Å². The Morgan fingerprint density at radius 3 is 2.32 bits per heavy atom. The number of rotatable bonds is 3. The smallest absolute Gasteiger partial charge is 0.261 e. The van der Waals surface area contributed by atoms with Crippen molar-refractivity contribution in [3.8, 4) is 0 Å². The summed E-state index contributed by atoms with van der Waals surface area (Å²) < 4.78 is 0. The average molecular weight is 496 g/mol. The minimum atomic E-state index is -0.199. The number of amides is 2. The number of benzene rings is 1. The molecule has 3 aliphatic rings. The van der Waals surface area contributed by atoms with Gasteiger partial charge < -0.3 is 10.2 Å². The van der Waals surface area contributed by atoms with Crippen LogP contribution < -0.4 is 5.32 Å². The van der Waals surface area contributed by atoms with E-state index in [0.717, 1.165) is 19.0 Å². The summed E-state index contributed by atoms with van der Waals surface area (Å²) in [7, 11) is 1.80. The van der Waals surface area contributed by atoms with Gasteiger partial charge in [0.2, 0.25) is 0 Å². The molecule has 28 heavy (non-hydrogen) atoms. The van der Waals surface area contributed by atoms with E-state index < -0.39 is 0 Å². The van der Waals surface area contributed by atoms with Gasteiger partial charge in [-0.3, -0.25) is 19.5 Å². The van der Waals surface area contributed by atoms with Gasteiger partial charge in [-0.2, -0.15) is 0 Å². The number of hydrogen-bond acceptors (Lipinski definition) is 3. The molecule has 1 spiro atoms. The zero-order valence-electron chi connectivity index (χ0n) is 16.4. The van der Waals surface area contributed by atoms with Gasteiger partial charge in [-0.25, -0.2) is 0 Å². The molecule has 2 amide bonds. The Kier molecular flexibility index (Phi) is 6.62. The van der Waals surface area contributed by atoms with Crippen LogP contribution in [0.2, 0.25) is 0 Å². The Bertz CT molecular complexity index is 738. The number of nitrogens with one attached hydrogen (secondary N) is 1. The first-order valence-electron chi connectivity index (χ1n) is 10.0. The number of imide groups is 1. The third-order valence-corrected chi connectivity index (χ3v) is 6.36. The number of carbonyl (C=O) groups excluding carboxylic acids is 2. The maximum absolute atomic E-state index is 12.4. The molecule has 1 aliphatic carbocycles. The van der Waals surface area contributed by atoms with E-state index in [4.69, 9.17) is 0 Å². The predicted octanol–water partition coefficient (Wildman–Crippen LogP) is 3.13. The second kappa shape index (κ2) is 8.80. The van der Waals surface area contributed by atoms with Crippen LogP contribution in [0.25, 0.3) is 0 Å². The highest BCUT2D eigenvalue weighted by molar-refractivity contribution is 14.0. The van der Waals surface area contributed by atoms with Crippen LogP contribution in [0.1, 0.15) is 59.2 Å². The number of aliphatic imine (C=N–C) groups is 1. The minimum absolute atomic E-state index is 0. The van der Waals surface area contributed by atoms with Gasteiger partial charge >= 0.3 is 0 Å². The van der Waals surface area contributed by atoms with Gasteiger partial charge in [0.25, 0.3) is 11.8 Å². The fraction of sp³-hybridized carbons (Fsp3) is 0.571. The van der Waals surface area contributed by atoms with Crippen molar-refractivity contribution >= 4 is 41.8 Å². The molecular formula is C21H29IN4O2. The van der Waals surface area contributed by atoms with E-state index in [1.165, 1.54) is 43.4 Å². The standard InChI is InChI=1S/C21H28N4O2.HI/c1-22-20(24-13-11-21(15-24)9-5-2-6-10-21)23-12-14-25-18(26)16-7-3-4-8-17(16)19(25)27;/h3-4,7-8H,2,5-6,9-15H2,1H3,(H,22,23);1H. The van der Waals surface area contributed by atoms with Crippen molar-refractivity contribution in [3.05, 3.63) is 35.4 Å². The Hall–Kier alpha value is -1.64. The SMILES string of the molecule is CN=C(NCCN1C(=O)c2ccccc2C1=O)N1CCC2(CCCCC2)C1.I. The summed E-state index contributed by atoms with van der Waals surface area (Å²) in [5.74, 6) is 0.485. The fourth-order valence-corrected chi connectivity index (χ4v) is 4.88. The molecule has 4 rings (SSSR count). The third kappa shape index (κ3) is 3.90. The number of likely N-dealkylation sites (tertiary alicyclic amines) is 1. The molecule has 1 N–H and O–H groups in total. The number of guanidine groups is 1. The second-order valence-electron chi connectivity index (χ2n) is 8.01. The summed E-state index contributed by atoms with van der Waals surface area (Å²) in [6, 6.07) is 7.02. The van der Waals surface area contributed by atoms with Crippen LogP contribution in [0.4, 0.5) is 0 Å². The van der Waals surface area contributed by atoms with Crippen molar-refractivity contribution in [1.29, 1.82) is 0 Å². The summed E-state index contributed by atoms with van der Waals surface area (Å²) in [6.45, 7) is 2.97. The van der Waals surface area contributed by atoms with Gasteiger partial charge in [-0.15, -0.1) is 24.0 Å². The van der Waals surface area contributed by atoms with Gasteiger partial charge in [-0.1, -0.05) is 31.4 Å². The van der Waals surface area contributed by atoms with E-state index in [-0.39, 0.29) is 35.8 Å². The predicted molar refractivity (Wildman–Crippen MR) is 120 cm³/mol. The monoisotopic (exact) mass is 496 g/mol. The van der Waals surface area contributed by atoms with E-state index in [1.807, 2.05) is 0 Å². The first-order chi connectivity index (χ1) is 13.1. The van der Waals surface area contributed by atoms with E-state index in [0.29, 0.717) is 29.6 Å². The second-order valence-corrected chi connectivity index (χ2v) is 8.01.